The number of amides is 1. The number of carbonyl (C=O) groups is 1. The van der Waals surface area contributed by atoms with Gasteiger partial charge in [-0.3, -0.25) is 14.7 Å². The average molecular weight is 448 g/mol. The number of aryl methyl sites for hydroxylation is 2. The zero-order valence-electron chi connectivity index (χ0n) is 19.6. The topological polar surface area (TPSA) is 69.8 Å². The van der Waals surface area contributed by atoms with Gasteiger partial charge < -0.3 is 14.4 Å². The molecule has 33 heavy (non-hydrogen) atoms. The van der Waals surface area contributed by atoms with E-state index in [2.05, 4.69) is 22.0 Å². The number of rotatable bonds is 4. The first-order chi connectivity index (χ1) is 15.9. The number of benzene rings is 1. The van der Waals surface area contributed by atoms with Crippen molar-refractivity contribution in [1.82, 2.24) is 14.8 Å². The lowest BCUT2D eigenvalue weighted by Crippen LogP contribution is -2.53. The highest BCUT2D eigenvalue weighted by atomic mass is 16.3. The van der Waals surface area contributed by atoms with Gasteiger partial charge >= 0.3 is 0 Å². The molecule has 2 fully saturated rings. The minimum atomic E-state index is -0.783. The zero-order chi connectivity index (χ0) is 23.0. The third-order valence-electron chi connectivity index (χ3n) is 7.45. The summed E-state index contributed by atoms with van der Waals surface area (Å²) in [5.41, 5.74) is 3.24. The molecule has 2 aliphatic rings. The zero-order valence-corrected chi connectivity index (χ0v) is 19.6. The van der Waals surface area contributed by atoms with Crippen LogP contribution in [0.5, 0.6) is 0 Å². The standard InChI is InChI=1S/C27H33N3O3/c1-19-8-9-24-22(16-19)20(2)25(33-24)26(31)29-14-10-27(32,11-15-29)18-30-13-4-3-7-23(30)21-6-5-12-28-17-21/h5-6,8-9,12,16-17,23,32H,3-4,7,10-11,13-15,18H2,1-2H3. The molecule has 4 heterocycles. The number of furan rings is 1. The van der Waals surface area contributed by atoms with Gasteiger partial charge in [0.15, 0.2) is 5.76 Å². The summed E-state index contributed by atoms with van der Waals surface area (Å²) in [6, 6.07) is 10.4. The molecule has 2 aromatic heterocycles. The molecule has 1 atom stereocenters. The smallest absolute Gasteiger partial charge is 0.289 e. The molecule has 1 N–H and O–H groups in total. The van der Waals surface area contributed by atoms with E-state index in [4.69, 9.17) is 4.42 Å². The number of aromatic nitrogens is 1. The number of β-amino-alcohol motifs (C(OH)–C–C–N with tert-alkyl or cyclic N) is 1. The molecule has 174 valence electrons. The van der Waals surface area contributed by atoms with E-state index in [1.54, 1.807) is 0 Å². The first-order valence-electron chi connectivity index (χ1n) is 12.1. The van der Waals surface area contributed by atoms with Crippen LogP contribution in [0.2, 0.25) is 0 Å². The molecule has 2 saturated heterocycles. The minimum Gasteiger partial charge on any atom is -0.451 e. The minimum absolute atomic E-state index is 0.0744. The van der Waals surface area contributed by atoms with E-state index in [9.17, 15) is 9.90 Å². The summed E-state index contributed by atoms with van der Waals surface area (Å²) in [4.78, 5) is 21.8. The van der Waals surface area contributed by atoms with Crippen molar-refractivity contribution >= 4 is 16.9 Å². The highest BCUT2D eigenvalue weighted by Crippen LogP contribution is 2.35. The predicted octanol–water partition coefficient (Wildman–Crippen LogP) is 4.64. The highest BCUT2D eigenvalue weighted by Gasteiger charge is 2.39. The first-order valence-corrected chi connectivity index (χ1v) is 12.1. The third-order valence-corrected chi connectivity index (χ3v) is 7.45. The molecule has 3 aromatic rings. The second-order valence-electron chi connectivity index (χ2n) is 9.84. The van der Waals surface area contributed by atoms with Gasteiger partial charge in [-0.25, -0.2) is 0 Å². The monoisotopic (exact) mass is 447 g/mol. The van der Waals surface area contributed by atoms with Crippen LogP contribution in [0.1, 0.15) is 65.4 Å². The molecule has 5 rings (SSSR count). The van der Waals surface area contributed by atoms with Crippen LogP contribution in [0.3, 0.4) is 0 Å². The Morgan fingerprint density at radius 1 is 1.18 bits per heavy atom. The van der Waals surface area contributed by atoms with Crippen molar-refractivity contribution in [3.05, 3.63) is 65.2 Å². The Hall–Kier alpha value is -2.70. The van der Waals surface area contributed by atoms with E-state index in [1.165, 1.54) is 12.0 Å². The Morgan fingerprint density at radius 3 is 2.76 bits per heavy atom. The Morgan fingerprint density at radius 2 is 2.00 bits per heavy atom. The van der Waals surface area contributed by atoms with E-state index in [0.29, 0.717) is 44.3 Å². The van der Waals surface area contributed by atoms with Crippen LogP contribution in [0.15, 0.2) is 47.1 Å². The second kappa shape index (κ2) is 8.92. The Labute approximate surface area is 195 Å². The van der Waals surface area contributed by atoms with Crippen molar-refractivity contribution in [2.75, 3.05) is 26.2 Å². The molecule has 0 radical (unpaired) electrons. The Balaban J connectivity index is 1.26. The number of nitrogens with zero attached hydrogens (tertiary/aromatic N) is 3. The van der Waals surface area contributed by atoms with Crippen LogP contribution >= 0.6 is 0 Å². The average Bonchev–Trinajstić information content (AvgIpc) is 3.15. The van der Waals surface area contributed by atoms with E-state index in [-0.39, 0.29) is 5.91 Å². The van der Waals surface area contributed by atoms with Crippen molar-refractivity contribution in [2.45, 2.75) is 57.6 Å². The van der Waals surface area contributed by atoms with Gasteiger partial charge in [-0.1, -0.05) is 24.1 Å². The second-order valence-corrected chi connectivity index (χ2v) is 9.84. The van der Waals surface area contributed by atoms with Crippen LogP contribution in [0, 0.1) is 13.8 Å². The van der Waals surface area contributed by atoms with Gasteiger partial charge in [0.2, 0.25) is 0 Å². The fourth-order valence-corrected chi connectivity index (χ4v) is 5.48. The maximum Gasteiger partial charge on any atom is 0.289 e. The summed E-state index contributed by atoms with van der Waals surface area (Å²) in [6.45, 7) is 6.69. The molecule has 0 aliphatic carbocycles. The molecule has 1 aromatic carbocycles. The predicted molar refractivity (Wildman–Crippen MR) is 128 cm³/mol. The van der Waals surface area contributed by atoms with Crippen molar-refractivity contribution in [1.29, 1.82) is 0 Å². The van der Waals surface area contributed by atoms with Gasteiger partial charge in [0.25, 0.3) is 5.91 Å². The molecule has 0 bridgehead atoms. The van der Waals surface area contributed by atoms with Crippen LogP contribution < -0.4 is 0 Å². The number of fused-ring (bicyclic) bond motifs is 1. The highest BCUT2D eigenvalue weighted by molar-refractivity contribution is 5.99. The normalized spacial score (nSPS) is 21.4. The molecule has 6 nitrogen and oxygen atoms in total. The first kappa shape index (κ1) is 22.1. The largest absolute Gasteiger partial charge is 0.451 e. The molecule has 1 unspecified atom stereocenters. The number of carbonyl (C=O) groups excluding carboxylic acids is 1. The lowest BCUT2D eigenvalue weighted by Gasteiger charge is -2.44. The van der Waals surface area contributed by atoms with Crippen LogP contribution in [0.4, 0.5) is 0 Å². The van der Waals surface area contributed by atoms with Crippen molar-refractivity contribution in [3.8, 4) is 0 Å². The van der Waals surface area contributed by atoms with Crippen molar-refractivity contribution < 1.29 is 14.3 Å². The van der Waals surface area contributed by atoms with E-state index in [0.717, 1.165) is 41.5 Å². The Bertz CT molecular complexity index is 1130. The van der Waals surface area contributed by atoms with Gasteiger partial charge in [0.1, 0.15) is 5.58 Å². The van der Waals surface area contributed by atoms with Gasteiger partial charge in [-0.2, -0.15) is 0 Å². The fourth-order valence-electron chi connectivity index (χ4n) is 5.48. The maximum absolute atomic E-state index is 13.2. The summed E-state index contributed by atoms with van der Waals surface area (Å²) in [5, 5.41) is 12.4. The number of likely N-dealkylation sites (tertiary alicyclic amines) is 2. The van der Waals surface area contributed by atoms with Crippen LogP contribution in [-0.4, -0.2) is 57.6 Å². The summed E-state index contributed by atoms with van der Waals surface area (Å²) in [7, 11) is 0. The molecule has 0 spiro atoms. The molecule has 1 amide bonds. The fraction of sp³-hybridized carbons (Fsp3) is 0.481. The van der Waals surface area contributed by atoms with E-state index < -0.39 is 5.60 Å². The molecule has 2 aliphatic heterocycles. The SMILES string of the molecule is Cc1ccc2oc(C(=O)N3CCC(O)(CN4CCCCC4c4cccnc4)CC3)c(C)c2c1. The lowest BCUT2D eigenvalue weighted by atomic mass is 9.88. The quantitative estimate of drug-likeness (QED) is 0.631. The molecular formula is C27H33N3O3. The van der Waals surface area contributed by atoms with Crippen LogP contribution in [0.25, 0.3) is 11.0 Å². The van der Waals surface area contributed by atoms with Crippen molar-refractivity contribution in [3.63, 3.8) is 0 Å². The summed E-state index contributed by atoms with van der Waals surface area (Å²) in [6.07, 6.45) is 8.36. The van der Waals surface area contributed by atoms with Gasteiger partial charge in [-0.05, 0) is 69.8 Å². The molecule has 6 heteroatoms. The number of hydrogen-bond acceptors (Lipinski definition) is 5. The Kier molecular flexibility index (Phi) is 5.97. The lowest BCUT2D eigenvalue weighted by molar-refractivity contribution is -0.0543. The van der Waals surface area contributed by atoms with E-state index >= 15 is 0 Å². The van der Waals surface area contributed by atoms with Gasteiger partial charge in [-0.15, -0.1) is 0 Å². The van der Waals surface area contributed by atoms with Gasteiger partial charge in [0, 0.05) is 49.0 Å². The van der Waals surface area contributed by atoms with Crippen LogP contribution in [-0.2, 0) is 0 Å². The number of piperidine rings is 2. The van der Waals surface area contributed by atoms with E-state index in [1.807, 2.05) is 49.3 Å². The number of aliphatic hydroxyl groups is 1. The molecular weight excluding hydrogens is 414 g/mol. The van der Waals surface area contributed by atoms with Gasteiger partial charge in [0.05, 0.1) is 5.60 Å². The maximum atomic E-state index is 13.2. The summed E-state index contributed by atoms with van der Waals surface area (Å²) < 4.78 is 5.94. The summed E-state index contributed by atoms with van der Waals surface area (Å²) >= 11 is 0. The third kappa shape index (κ3) is 4.42. The summed E-state index contributed by atoms with van der Waals surface area (Å²) in [5.74, 6) is 0.350. The number of pyridine rings is 1. The number of hydrogen-bond donors (Lipinski definition) is 1. The molecule has 0 saturated carbocycles. The van der Waals surface area contributed by atoms with Crippen molar-refractivity contribution in [2.24, 2.45) is 0 Å².